The highest BCUT2D eigenvalue weighted by molar-refractivity contribution is 7.99. The van der Waals surface area contributed by atoms with E-state index < -0.39 is 6.04 Å². The van der Waals surface area contributed by atoms with E-state index in [2.05, 4.69) is 5.32 Å². The van der Waals surface area contributed by atoms with Crippen molar-refractivity contribution in [2.45, 2.75) is 51.6 Å². The monoisotopic (exact) mass is 496 g/mol. The van der Waals surface area contributed by atoms with Crippen molar-refractivity contribution >= 4 is 46.8 Å². The number of rotatable bonds is 11. The van der Waals surface area contributed by atoms with Crippen LogP contribution < -0.4 is 10.1 Å². The first kappa shape index (κ1) is 26.4. The molecule has 2 amide bonds. The molecule has 174 valence electrons. The second kappa shape index (κ2) is 13.0. The third-order valence-corrected chi connectivity index (χ3v) is 6.49. The number of carbonyl (C=O) groups is 2. The Morgan fingerprint density at radius 1 is 1.12 bits per heavy atom. The smallest absolute Gasteiger partial charge is 0.243 e. The van der Waals surface area contributed by atoms with Gasteiger partial charge in [0.1, 0.15) is 11.8 Å². The Kier molecular flexibility index (Phi) is 10.7. The van der Waals surface area contributed by atoms with Crippen molar-refractivity contribution in [3.8, 4) is 5.75 Å². The molecule has 0 aliphatic rings. The number of amides is 2. The maximum atomic E-state index is 13.3. The Morgan fingerprint density at radius 3 is 2.38 bits per heavy atom. The molecule has 0 fully saturated rings. The lowest BCUT2D eigenvalue weighted by molar-refractivity contribution is -0.139. The molecule has 0 saturated carbocycles. The summed E-state index contributed by atoms with van der Waals surface area (Å²) in [6.45, 7) is 6.03. The van der Waals surface area contributed by atoms with Crippen LogP contribution in [0.2, 0.25) is 10.0 Å². The number of ether oxygens (including phenoxy) is 1. The lowest BCUT2D eigenvalue weighted by Crippen LogP contribution is -2.50. The predicted octanol–water partition coefficient (Wildman–Crippen LogP) is 5.57. The van der Waals surface area contributed by atoms with Crippen LogP contribution in [0.4, 0.5) is 0 Å². The topological polar surface area (TPSA) is 58.6 Å². The molecule has 0 aromatic heterocycles. The van der Waals surface area contributed by atoms with Gasteiger partial charge in [-0.05, 0) is 55.7 Å². The third-order valence-electron chi connectivity index (χ3n) is 4.84. The van der Waals surface area contributed by atoms with E-state index in [1.807, 2.05) is 45.0 Å². The number of thioether (sulfide) groups is 1. The summed E-state index contributed by atoms with van der Waals surface area (Å²) in [5.74, 6) is 1.14. The van der Waals surface area contributed by atoms with Crippen molar-refractivity contribution in [3.05, 3.63) is 63.6 Å². The maximum Gasteiger partial charge on any atom is 0.243 e. The van der Waals surface area contributed by atoms with Crippen molar-refractivity contribution in [3.63, 3.8) is 0 Å². The van der Waals surface area contributed by atoms with Gasteiger partial charge >= 0.3 is 0 Å². The fraction of sp³-hybridized carbons (Fsp3) is 0.417. The average Bonchev–Trinajstić information content (AvgIpc) is 2.75. The summed E-state index contributed by atoms with van der Waals surface area (Å²) in [5.41, 5.74) is 1.70. The molecule has 0 aliphatic carbocycles. The first-order chi connectivity index (χ1) is 15.3. The van der Waals surface area contributed by atoms with E-state index in [0.29, 0.717) is 34.5 Å². The Bertz CT molecular complexity index is 904. The van der Waals surface area contributed by atoms with Crippen molar-refractivity contribution < 1.29 is 14.3 Å². The van der Waals surface area contributed by atoms with Crippen molar-refractivity contribution in [2.24, 2.45) is 0 Å². The zero-order valence-corrected chi connectivity index (χ0v) is 21.2. The summed E-state index contributed by atoms with van der Waals surface area (Å²) in [5, 5.41) is 4.09. The molecular weight excluding hydrogens is 467 g/mol. The molecule has 2 aromatic carbocycles. The Balaban J connectivity index is 2.19. The van der Waals surface area contributed by atoms with Crippen LogP contribution >= 0.6 is 35.0 Å². The maximum absolute atomic E-state index is 13.3. The second-order valence-corrected chi connectivity index (χ2v) is 9.45. The van der Waals surface area contributed by atoms with E-state index in [0.717, 1.165) is 11.1 Å². The fourth-order valence-electron chi connectivity index (χ4n) is 3.26. The highest BCUT2D eigenvalue weighted by Crippen LogP contribution is 2.28. The predicted molar refractivity (Wildman–Crippen MR) is 134 cm³/mol. The van der Waals surface area contributed by atoms with Crippen LogP contribution in [0.5, 0.6) is 5.75 Å². The van der Waals surface area contributed by atoms with E-state index in [9.17, 15) is 9.59 Å². The van der Waals surface area contributed by atoms with Crippen LogP contribution in [-0.2, 0) is 21.9 Å². The van der Waals surface area contributed by atoms with Crippen molar-refractivity contribution in [2.75, 3.05) is 12.9 Å². The normalized spacial score (nSPS) is 11.8. The number of nitrogens with one attached hydrogen (secondary N) is 1. The van der Waals surface area contributed by atoms with Gasteiger partial charge in [-0.1, -0.05) is 48.3 Å². The molecule has 2 rings (SSSR count). The molecule has 1 N–H and O–H groups in total. The van der Waals surface area contributed by atoms with Gasteiger partial charge in [0.05, 0.1) is 12.9 Å². The van der Waals surface area contributed by atoms with Gasteiger partial charge in [-0.25, -0.2) is 0 Å². The summed E-state index contributed by atoms with van der Waals surface area (Å²) in [7, 11) is 1.60. The fourth-order valence-corrected chi connectivity index (χ4v) is 4.91. The Hall–Kier alpha value is -1.89. The van der Waals surface area contributed by atoms with E-state index in [-0.39, 0.29) is 23.6 Å². The standard InChI is InChI=1S/C24H30Cl2N2O3S/c1-5-22(24(30)27-16(2)3)28(13-17-8-6-9-18(12-17)31-4)23(29)15-32-14-19-20(25)10-7-11-21(19)26/h6-12,16,22H,5,13-15H2,1-4H3,(H,27,30). The SMILES string of the molecule is CCC(C(=O)NC(C)C)N(Cc1cccc(OC)c1)C(=O)CSCc1c(Cl)cccc1Cl. The molecule has 0 bridgehead atoms. The van der Waals surface area contributed by atoms with E-state index in [1.165, 1.54) is 11.8 Å². The van der Waals surface area contributed by atoms with Crippen LogP contribution in [0.25, 0.3) is 0 Å². The highest BCUT2D eigenvalue weighted by Gasteiger charge is 2.29. The third kappa shape index (κ3) is 7.61. The molecule has 0 heterocycles. The molecule has 0 radical (unpaired) electrons. The number of hydrogen-bond donors (Lipinski definition) is 1. The van der Waals surface area contributed by atoms with Gasteiger partial charge in [-0.3, -0.25) is 9.59 Å². The summed E-state index contributed by atoms with van der Waals surface area (Å²) in [4.78, 5) is 27.8. The van der Waals surface area contributed by atoms with Crippen LogP contribution in [0.15, 0.2) is 42.5 Å². The van der Waals surface area contributed by atoms with Crippen LogP contribution in [0, 0.1) is 0 Å². The molecule has 8 heteroatoms. The van der Waals surface area contributed by atoms with E-state index in [4.69, 9.17) is 27.9 Å². The van der Waals surface area contributed by atoms with Gasteiger partial charge < -0.3 is 15.0 Å². The molecular formula is C24H30Cl2N2O3S. The van der Waals surface area contributed by atoms with E-state index in [1.54, 1.807) is 30.2 Å². The minimum Gasteiger partial charge on any atom is -0.497 e. The number of benzene rings is 2. The van der Waals surface area contributed by atoms with Gasteiger partial charge in [-0.15, -0.1) is 11.8 Å². The molecule has 32 heavy (non-hydrogen) atoms. The summed E-state index contributed by atoms with van der Waals surface area (Å²) < 4.78 is 5.31. The van der Waals surface area contributed by atoms with Crippen LogP contribution in [0.3, 0.4) is 0 Å². The first-order valence-corrected chi connectivity index (χ1v) is 12.4. The second-order valence-electron chi connectivity index (χ2n) is 7.65. The minimum atomic E-state index is -0.569. The zero-order chi connectivity index (χ0) is 23.7. The van der Waals surface area contributed by atoms with E-state index >= 15 is 0 Å². The molecule has 1 atom stereocenters. The lowest BCUT2D eigenvalue weighted by Gasteiger charge is -2.31. The number of halogens is 2. The summed E-state index contributed by atoms with van der Waals surface area (Å²) in [6.07, 6.45) is 0.509. The molecule has 0 aliphatic heterocycles. The Labute approximate surface area is 204 Å². The van der Waals surface area contributed by atoms with Crippen molar-refractivity contribution in [1.82, 2.24) is 10.2 Å². The van der Waals surface area contributed by atoms with Gasteiger partial charge in [0.15, 0.2) is 0 Å². The number of hydrogen-bond acceptors (Lipinski definition) is 4. The Morgan fingerprint density at radius 2 is 1.78 bits per heavy atom. The minimum absolute atomic E-state index is 0.0120. The quantitative estimate of drug-likeness (QED) is 0.441. The van der Waals surface area contributed by atoms with Crippen LogP contribution in [-0.4, -0.2) is 41.7 Å². The van der Waals surface area contributed by atoms with Gasteiger partial charge in [0, 0.05) is 28.4 Å². The van der Waals surface area contributed by atoms with Crippen LogP contribution in [0.1, 0.15) is 38.3 Å². The van der Waals surface area contributed by atoms with Gasteiger partial charge in [0.2, 0.25) is 11.8 Å². The largest absolute Gasteiger partial charge is 0.497 e. The molecule has 0 saturated heterocycles. The zero-order valence-electron chi connectivity index (χ0n) is 18.9. The highest BCUT2D eigenvalue weighted by atomic mass is 35.5. The number of methoxy groups -OCH3 is 1. The molecule has 1 unspecified atom stereocenters. The molecule has 0 spiro atoms. The average molecular weight is 497 g/mol. The molecule has 5 nitrogen and oxygen atoms in total. The number of nitrogens with zero attached hydrogens (tertiary/aromatic N) is 1. The lowest BCUT2D eigenvalue weighted by atomic mass is 10.1. The molecule has 2 aromatic rings. The van der Waals surface area contributed by atoms with Gasteiger partial charge in [0.25, 0.3) is 0 Å². The van der Waals surface area contributed by atoms with Gasteiger partial charge in [-0.2, -0.15) is 0 Å². The first-order valence-electron chi connectivity index (χ1n) is 10.5. The number of carbonyl (C=O) groups excluding carboxylic acids is 2. The summed E-state index contributed by atoms with van der Waals surface area (Å²) >= 11 is 13.9. The van der Waals surface area contributed by atoms with Crippen molar-refractivity contribution in [1.29, 1.82) is 0 Å². The summed E-state index contributed by atoms with van der Waals surface area (Å²) in [6, 6.07) is 12.3.